The average molecular weight is 198 g/mol. The van der Waals surface area contributed by atoms with Crippen LogP contribution in [0.5, 0.6) is 0 Å². The highest BCUT2D eigenvalue weighted by atomic mass is 19.1. The average Bonchev–Trinajstić information content (AvgIpc) is 2.05. The first-order chi connectivity index (χ1) is 6.20. The van der Waals surface area contributed by atoms with Crippen LogP contribution in [0.2, 0.25) is 0 Å². The summed E-state index contributed by atoms with van der Waals surface area (Å²) in [5.74, 6) is -1.65. The fraction of sp³-hybridized carbons (Fsp3) is 0.500. The van der Waals surface area contributed by atoms with Crippen LogP contribution in [0.3, 0.4) is 0 Å². The molecule has 0 saturated carbocycles. The maximum atomic E-state index is 12.3. The van der Waals surface area contributed by atoms with E-state index >= 15 is 0 Å². The lowest BCUT2D eigenvalue weighted by Gasteiger charge is -1.94. The summed E-state index contributed by atoms with van der Waals surface area (Å²) < 4.78 is 51.8. The quantitative estimate of drug-likeness (QED) is 0.469. The highest BCUT2D eigenvalue weighted by Crippen LogP contribution is 2.06. The zero-order valence-electron chi connectivity index (χ0n) is 6.90. The SMILES string of the molecule is FCCC(F)=COC=C(F)CCF. The summed E-state index contributed by atoms with van der Waals surface area (Å²) in [5.41, 5.74) is 0. The summed E-state index contributed by atoms with van der Waals surface area (Å²) in [6.45, 7) is -1.69. The molecule has 76 valence electrons. The van der Waals surface area contributed by atoms with Crippen molar-refractivity contribution in [3.05, 3.63) is 24.2 Å². The third-order valence-electron chi connectivity index (χ3n) is 1.06. The minimum atomic E-state index is -0.845. The smallest absolute Gasteiger partial charge is 0.137 e. The topological polar surface area (TPSA) is 9.23 Å². The third kappa shape index (κ3) is 7.36. The summed E-state index contributed by atoms with van der Waals surface area (Å²) in [4.78, 5) is 0. The van der Waals surface area contributed by atoms with Gasteiger partial charge in [0.2, 0.25) is 0 Å². The lowest BCUT2D eigenvalue weighted by molar-refractivity contribution is 0.344. The fourth-order valence-electron chi connectivity index (χ4n) is 0.480. The molecule has 0 atom stereocenters. The molecule has 1 nitrogen and oxygen atoms in total. The molecule has 0 N–H and O–H groups in total. The molecule has 0 rings (SSSR count). The van der Waals surface area contributed by atoms with Crippen LogP contribution < -0.4 is 0 Å². The lowest BCUT2D eigenvalue weighted by Crippen LogP contribution is -1.81. The van der Waals surface area contributed by atoms with Gasteiger partial charge in [0, 0.05) is 12.8 Å². The summed E-state index contributed by atoms with van der Waals surface area (Å²) in [6.07, 6.45) is 0.353. The molecule has 0 heterocycles. The van der Waals surface area contributed by atoms with Crippen molar-refractivity contribution in [1.29, 1.82) is 0 Å². The molecule has 0 spiro atoms. The molecule has 0 aliphatic heterocycles. The molecule has 0 saturated heterocycles. The molecule has 5 heteroatoms. The molecule has 0 aromatic rings. The number of allylic oxidation sites excluding steroid dienone is 2. The molecule has 0 aromatic heterocycles. The Bertz CT molecular complexity index is 169. The van der Waals surface area contributed by atoms with Gasteiger partial charge >= 0.3 is 0 Å². The molecule has 0 radical (unpaired) electrons. The molecule has 13 heavy (non-hydrogen) atoms. The molecule has 0 aromatic carbocycles. The van der Waals surface area contributed by atoms with Crippen molar-refractivity contribution in [2.24, 2.45) is 0 Å². The van der Waals surface area contributed by atoms with Crippen molar-refractivity contribution in [3.63, 3.8) is 0 Å². The van der Waals surface area contributed by atoms with Gasteiger partial charge in [-0.25, -0.2) is 8.78 Å². The molecule has 0 amide bonds. The second-order valence-electron chi connectivity index (χ2n) is 2.14. The summed E-state index contributed by atoms with van der Waals surface area (Å²) >= 11 is 0. The van der Waals surface area contributed by atoms with Gasteiger partial charge < -0.3 is 4.74 Å². The van der Waals surface area contributed by atoms with E-state index < -0.39 is 37.8 Å². The Kier molecular flexibility index (Phi) is 7.05. The van der Waals surface area contributed by atoms with Crippen molar-refractivity contribution in [1.82, 2.24) is 0 Å². The summed E-state index contributed by atoms with van der Waals surface area (Å²) in [7, 11) is 0. The monoisotopic (exact) mass is 198 g/mol. The Balaban J connectivity index is 3.74. The van der Waals surface area contributed by atoms with E-state index in [0.717, 1.165) is 0 Å². The number of ether oxygens (including phenoxy) is 1. The van der Waals surface area contributed by atoms with Crippen LogP contribution >= 0.6 is 0 Å². The van der Waals surface area contributed by atoms with Crippen LogP contribution in [0.25, 0.3) is 0 Å². The normalized spacial score (nSPS) is 13.2. The maximum absolute atomic E-state index is 12.3. The Morgan fingerprint density at radius 1 is 0.923 bits per heavy atom. The van der Waals surface area contributed by atoms with Gasteiger partial charge in [-0.1, -0.05) is 0 Å². The molecule has 0 aliphatic rings. The van der Waals surface area contributed by atoms with E-state index in [1.165, 1.54) is 0 Å². The number of halogens is 4. The third-order valence-corrected chi connectivity index (χ3v) is 1.06. The van der Waals surface area contributed by atoms with Crippen molar-refractivity contribution in [2.75, 3.05) is 13.3 Å². The van der Waals surface area contributed by atoms with Gasteiger partial charge in [0.1, 0.15) is 24.2 Å². The lowest BCUT2D eigenvalue weighted by atomic mass is 10.4. The number of rotatable bonds is 6. The van der Waals surface area contributed by atoms with E-state index in [0.29, 0.717) is 12.5 Å². The zero-order chi connectivity index (χ0) is 10.1. The number of hydrogen-bond acceptors (Lipinski definition) is 1. The first-order valence-corrected chi connectivity index (χ1v) is 3.67. The van der Waals surface area contributed by atoms with E-state index in [9.17, 15) is 17.6 Å². The highest BCUT2D eigenvalue weighted by Gasteiger charge is 1.95. The van der Waals surface area contributed by atoms with E-state index in [-0.39, 0.29) is 0 Å². The zero-order valence-corrected chi connectivity index (χ0v) is 6.90. The predicted molar refractivity (Wildman–Crippen MR) is 40.7 cm³/mol. The minimum Gasteiger partial charge on any atom is -0.467 e. The first-order valence-electron chi connectivity index (χ1n) is 3.67. The number of alkyl halides is 2. The van der Waals surface area contributed by atoms with Gasteiger partial charge in [-0.2, -0.15) is 0 Å². The number of hydrogen-bond donors (Lipinski definition) is 0. The molecule has 0 fully saturated rings. The van der Waals surface area contributed by atoms with Crippen molar-refractivity contribution in [3.8, 4) is 0 Å². The van der Waals surface area contributed by atoms with Crippen LogP contribution in [0.15, 0.2) is 24.2 Å². The maximum Gasteiger partial charge on any atom is 0.137 e. The molecule has 0 unspecified atom stereocenters. The van der Waals surface area contributed by atoms with Crippen LogP contribution in [0.1, 0.15) is 12.8 Å². The minimum absolute atomic E-state index is 0.404. The Labute approximate surface area is 73.7 Å². The molecular weight excluding hydrogens is 188 g/mol. The van der Waals surface area contributed by atoms with E-state index in [1.54, 1.807) is 0 Å². The van der Waals surface area contributed by atoms with Crippen LogP contribution in [0, 0.1) is 0 Å². The van der Waals surface area contributed by atoms with Gasteiger partial charge in [0.05, 0.1) is 13.3 Å². The molecule has 0 aliphatic carbocycles. The largest absolute Gasteiger partial charge is 0.467 e. The van der Waals surface area contributed by atoms with E-state index in [4.69, 9.17) is 0 Å². The summed E-state index contributed by atoms with van der Waals surface area (Å²) in [5, 5.41) is 0. The molecule has 0 bridgehead atoms. The second-order valence-corrected chi connectivity index (χ2v) is 2.14. The highest BCUT2D eigenvalue weighted by molar-refractivity contribution is 4.90. The van der Waals surface area contributed by atoms with Gasteiger partial charge in [-0.05, 0) is 0 Å². The van der Waals surface area contributed by atoms with Crippen molar-refractivity contribution >= 4 is 0 Å². The van der Waals surface area contributed by atoms with Crippen LogP contribution in [-0.4, -0.2) is 13.3 Å². The fourth-order valence-corrected chi connectivity index (χ4v) is 0.480. The first kappa shape index (κ1) is 12.0. The van der Waals surface area contributed by atoms with Crippen LogP contribution in [-0.2, 0) is 4.74 Å². The van der Waals surface area contributed by atoms with Gasteiger partial charge in [0.15, 0.2) is 0 Å². The molecular formula is C8H10F4O. The van der Waals surface area contributed by atoms with Gasteiger partial charge in [-0.15, -0.1) is 0 Å². The summed E-state index contributed by atoms with van der Waals surface area (Å²) in [6, 6.07) is 0. The standard InChI is InChI=1S/C8H10F4O/c9-3-1-7(11)5-13-6-8(12)2-4-10/h5-6H,1-4H2. The van der Waals surface area contributed by atoms with Gasteiger partial charge in [0.25, 0.3) is 0 Å². The van der Waals surface area contributed by atoms with Crippen molar-refractivity contribution < 1.29 is 22.3 Å². The van der Waals surface area contributed by atoms with E-state index in [2.05, 4.69) is 4.74 Å². The van der Waals surface area contributed by atoms with Crippen molar-refractivity contribution in [2.45, 2.75) is 12.8 Å². The Morgan fingerprint density at radius 2 is 1.31 bits per heavy atom. The van der Waals surface area contributed by atoms with Gasteiger partial charge in [-0.3, -0.25) is 8.78 Å². The second kappa shape index (κ2) is 7.64. The Morgan fingerprint density at radius 3 is 1.62 bits per heavy atom. The van der Waals surface area contributed by atoms with E-state index in [1.807, 2.05) is 0 Å². The van der Waals surface area contributed by atoms with Crippen LogP contribution in [0.4, 0.5) is 17.6 Å². The predicted octanol–water partition coefficient (Wildman–Crippen LogP) is 3.34. The Hall–Kier alpha value is -1.00.